The average Bonchev–Trinajstić information content (AvgIpc) is 2.46. The molecule has 0 atom stereocenters. The topological polar surface area (TPSA) is 127 Å². The van der Waals surface area contributed by atoms with Gasteiger partial charge in [-0.1, -0.05) is 0 Å². The van der Waals surface area contributed by atoms with Gasteiger partial charge in [0.1, 0.15) is 4.90 Å². The second kappa shape index (κ2) is 8.17. The number of sulfonamides is 1. The predicted octanol–water partition coefficient (Wildman–Crippen LogP) is 1.30. The fourth-order valence-corrected chi connectivity index (χ4v) is 3.38. The number of rotatable bonds is 9. The van der Waals surface area contributed by atoms with Crippen LogP contribution in [-0.4, -0.2) is 31.9 Å². The van der Waals surface area contributed by atoms with E-state index in [0.717, 1.165) is 18.2 Å². The summed E-state index contributed by atoms with van der Waals surface area (Å²) in [6.45, 7) is 0.273. The Morgan fingerprint density at radius 1 is 1.38 bits per heavy atom. The van der Waals surface area contributed by atoms with Gasteiger partial charge in [-0.3, -0.25) is 16.0 Å². The highest BCUT2D eigenvalue weighted by Gasteiger charge is 2.21. The zero-order chi connectivity index (χ0) is 15.9. The largest absolute Gasteiger partial charge is 0.323 e. The molecule has 0 aliphatic carbocycles. The number of nitrogens with zero attached hydrogens (tertiary/aromatic N) is 1. The average molecular weight is 334 g/mol. The van der Waals surface area contributed by atoms with Crippen LogP contribution < -0.4 is 16.0 Å². The number of unbranched alkanes of at least 4 members (excludes halogenated alkanes) is 1. The molecule has 0 heterocycles. The number of non-ortho nitro benzene ring substituents is 1. The molecule has 1 rings (SSSR count). The second-order valence-electron chi connectivity index (χ2n) is 4.18. The van der Waals surface area contributed by atoms with Crippen LogP contribution in [0.4, 0.5) is 11.4 Å². The Morgan fingerprint density at radius 3 is 2.67 bits per heavy atom. The zero-order valence-corrected chi connectivity index (χ0v) is 13.2. The Labute approximate surface area is 127 Å². The molecule has 21 heavy (non-hydrogen) atoms. The van der Waals surface area contributed by atoms with Gasteiger partial charge in [-0.25, -0.2) is 13.1 Å². The summed E-state index contributed by atoms with van der Waals surface area (Å²) in [6, 6.07) is 3.44. The number of nitrogen functional groups attached to an aromatic ring is 1. The van der Waals surface area contributed by atoms with Crippen molar-refractivity contribution in [3.05, 3.63) is 28.3 Å². The van der Waals surface area contributed by atoms with Crippen LogP contribution in [0.3, 0.4) is 0 Å². The van der Waals surface area contributed by atoms with E-state index in [-0.39, 0.29) is 22.8 Å². The molecule has 0 unspecified atom stereocenters. The summed E-state index contributed by atoms with van der Waals surface area (Å²) >= 11 is 1.69. The summed E-state index contributed by atoms with van der Waals surface area (Å²) in [5.74, 6) is 6.21. The van der Waals surface area contributed by atoms with Crippen LogP contribution in [0.1, 0.15) is 12.8 Å². The van der Waals surface area contributed by atoms with Crippen molar-refractivity contribution in [3.63, 3.8) is 0 Å². The van der Waals surface area contributed by atoms with Crippen LogP contribution in [0.2, 0.25) is 0 Å². The van der Waals surface area contributed by atoms with Crippen molar-refractivity contribution < 1.29 is 13.3 Å². The molecule has 0 saturated heterocycles. The van der Waals surface area contributed by atoms with Crippen molar-refractivity contribution in [2.24, 2.45) is 5.84 Å². The van der Waals surface area contributed by atoms with E-state index in [4.69, 9.17) is 5.84 Å². The van der Waals surface area contributed by atoms with Gasteiger partial charge in [0.25, 0.3) is 5.69 Å². The third kappa shape index (κ3) is 5.16. The Kier molecular flexibility index (Phi) is 6.89. The van der Waals surface area contributed by atoms with Crippen molar-refractivity contribution in [1.29, 1.82) is 0 Å². The van der Waals surface area contributed by atoms with Gasteiger partial charge in [-0.2, -0.15) is 11.8 Å². The van der Waals surface area contributed by atoms with E-state index >= 15 is 0 Å². The summed E-state index contributed by atoms with van der Waals surface area (Å²) in [5, 5.41) is 10.7. The van der Waals surface area contributed by atoms with Crippen LogP contribution in [0, 0.1) is 10.1 Å². The lowest BCUT2D eigenvalue weighted by atomic mass is 10.3. The molecule has 0 amide bonds. The van der Waals surface area contributed by atoms with Crippen molar-refractivity contribution in [1.82, 2.24) is 4.72 Å². The van der Waals surface area contributed by atoms with Gasteiger partial charge in [-0.15, -0.1) is 0 Å². The van der Waals surface area contributed by atoms with Crippen LogP contribution in [0.5, 0.6) is 0 Å². The highest BCUT2D eigenvalue weighted by Crippen LogP contribution is 2.25. The first-order chi connectivity index (χ1) is 9.92. The summed E-state index contributed by atoms with van der Waals surface area (Å²) < 4.78 is 26.8. The van der Waals surface area contributed by atoms with Gasteiger partial charge < -0.3 is 5.43 Å². The Bertz CT molecular complexity index is 592. The van der Waals surface area contributed by atoms with Crippen molar-refractivity contribution in [3.8, 4) is 0 Å². The maximum Gasteiger partial charge on any atom is 0.270 e. The maximum atomic E-state index is 12.2. The van der Waals surface area contributed by atoms with Crippen molar-refractivity contribution in [2.75, 3.05) is 24.0 Å². The molecule has 1 aromatic rings. The number of nitrogens with one attached hydrogen (secondary N) is 2. The van der Waals surface area contributed by atoms with Crippen molar-refractivity contribution >= 4 is 33.2 Å². The Hall–Kier alpha value is -1.36. The first-order valence-electron chi connectivity index (χ1n) is 6.16. The molecule has 0 radical (unpaired) electrons. The predicted molar refractivity (Wildman–Crippen MR) is 83.7 cm³/mol. The first kappa shape index (κ1) is 17.7. The molecule has 8 nitrogen and oxygen atoms in total. The van der Waals surface area contributed by atoms with E-state index in [9.17, 15) is 18.5 Å². The minimum Gasteiger partial charge on any atom is -0.323 e. The van der Waals surface area contributed by atoms with E-state index < -0.39 is 14.9 Å². The number of nitro groups is 1. The van der Waals surface area contributed by atoms with Gasteiger partial charge in [-0.05, 0) is 30.9 Å². The van der Waals surface area contributed by atoms with E-state index in [1.54, 1.807) is 11.8 Å². The number of anilines is 1. The van der Waals surface area contributed by atoms with Gasteiger partial charge in [0, 0.05) is 18.7 Å². The minimum atomic E-state index is -3.85. The Balaban J connectivity index is 2.90. The fraction of sp³-hybridized carbons (Fsp3) is 0.455. The van der Waals surface area contributed by atoms with E-state index in [1.807, 2.05) is 6.26 Å². The summed E-state index contributed by atoms with van der Waals surface area (Å²) in [7, 11) is -3.85. The number of hydrazine groups is 1. The zero-order valence-electron chi connectivity index (χ0n) is 11.5. The van der Waals surface area contributed by atoms with Gasteiger partial charge in [0.05, 0.1) is 10.6 Å². The standard InChI is InChI=1S/C11H18N4O4S2/c1-20-7-3-2-6-13-21(18,19)11-8-9(15(16)17)4-5-10(11)14-12/h4-5,8,13-14H,2-3,6-7,12H2,1H3. The minimum absolute atomic E-state index is 0.109. The summed E-state index contributed by atoms with van der Waals surface area (Å²) in [5.41, 5.74) is 2.03. The quantitative estimate of drug-likeness (QED) is 0.269. The fourth-order valence-electron chi connectivity index (χ4n) is 1.62. The Morgan fingerprint density at radius 2 is 2.10 bits per heavy atom. The van der Waals surface area contributed by atoms with E-state index in [2.05, 4.69) is 10.1 Å². The SMILES string of the molecule is CSCCCCNS(=O)(=O)c1cc([N+](=O)[O-])ccc1NN. The smallest absolute Gasteiger partial charge is 0.270 e. The lowest BCUT2D eigenvalue weighted by molar-refractivity contribution is -0.385. The van der Waals surface area contributed by atoms with Crippen molar-refractivity contribution in [2.45, 2.75) is 17.7 Å². The molecule has 0 bridgehead atoms. The molecule has 10 heteroatoms. The number of benzene rings is 1. The van der Waals surface area contributed by atoms with Crippen LogP contribution in [-0.2, 0) is 10.0 Å². The third-order valence-electron chi connectivity index (χ3n) is 2.69. The maximum absolute atomic E-state index is 12.2. The number of nitro benzene ring substituents is 1. The monoisotopic (exact) mass is 334 g/mol. The summed E-state index contributed by atoms with van der Waals surface area (Å²) in [4.78, 5) is 9.86. The lowest BCUT2D eigenvalue weighted by Gasteiger charge is -2.10. The number of nitrogens with two attached hydrogens (primary N) is 1. The lowest BCUT2D eigenvalue weighted by Crippen LogP contribution is -2.26. The summed E-state index contributed by atoms with van der Waals surface area (Å²) in [6.07, 6.45) is 3.56. The molecule has 0 aromatic heterocycles. The van der Waals surface area contributed by atoms with E-state index in [0.29, 0.717) is 6.42 Å². The molecule has 118 valence electrons. The first-order valence-corrected chi connectivity index (χ1v) is 9.03. The number of thioether (sulfide) groups is 1. The van der Waals surface area contributed by atoms with Crippen LogP contribution >= 0.6 is 11.8 Å². The van der Waals surface area contributed by atoms with Gasteiger partial charge in [0.15, 0.2) is 0 Å². The highest BCUT2D eigenvalue weighted by atomic mass is 32.2. The molecule has 4 N–H and O–H groups in total. The number of hydrogen-bond donors (Lipinski definition) is 3. The van der Waals surface area contributed by atoms with Crippen LogP contribution in [0.25, 0.3) is 0 Å². The molecule has 1 aromatic carbocycles. The third-order valence-corrected chi connectivity index (χ3v) is 4.89. The molecule has 0 spiro atoms. The molecule has 0 saturated carbocycles. The molecular formula is C11H18N4O4S2. The number of hydrogen-bond acceptors (Lipinski definition) is 7. The van der Waals surface area contributed by atoms with Crippen LogP contribution in [0.15, 0.2) is 23.1 Å². The normalized spacial score (nSPS) is 11.3. The van der Waals surface area contributed by atoms with Gasteiger partial charge in [0.2, 0.25) is 10.0 Å². The molecular weight excluding hydrogens is 316 g/mol. The molecule has 0 fully saturated rings. The molecule has 0 aliphatic rings. The molecule has 0 aliphatic heterocycles. The highest BCUT2D eigenvalue weighted by molar-refractivity contribution is 7.98. The van der Waals surface area contributed by atoms with E-state index in [1.165, 1.54) is 12.1 Å². The second-order valence-corrected chi connectivity index (χ2v) is 6.90. The van der Waals surface area contributed by atoms with Gasteiger partial charge >= 0.3 is 0 Å².